The van der Waals surface area contributed by atoms with Gasteiger partial charge in [-0.05, 0) is 35.4 Å². The van der Waals surface area contributed by atoms with E-state index in [1.165, 1.54) is 32.6 Å². The van der Waals surface area contributed by atoms with E-state index in [9.17, 15) is 9.18 Å². The summed E-state index contributed by atoms with van der Waals surface area (Å²) in [7, 11) is 2.71. The third kappa shape index (κ3) is 5.36. The first-order valence-corrected chi connectivity index (χ1v) is 7.53. The van der Waals surface area contributed by atoms with Crippen LogP contribution >= 0.6 is 11.6 Å². The van der Waals surface area contributed by atoms with Crippen molar-refractivity contribution in [2.75, 3.05) is 14.2 Å². The second kappa shape index (κ2) is 8.89. The lowest BCUT2D eigenvalue weighted by molar-refractivity contribution is 0.171. The van der Waals surface area contributed by atoms with E-state index in [0.717, 1.165) is 5.56 Å². The number of nitrogens with zero attached hydrogens (tertiary/aromatic N) is 1. The Morgan fingerprint density at radius 2 is 2.00 bits per heavy atom. The maximum atomic E-state index is 12.9. The van der Waals surface area contributed by atoms with Crippen molar-refractivity contribution >= 4 is 23.9 Å². The molecular formula is C17H16ClFN2O4. The third-order valence-corrected chi connectivity index (χ3v) is 3.38. The number of hydrogen-bond acceptors (Lipinski definition) is 5. The number of methoxy groups -OCH3 is 2. The Bertz CT molecular complexity index is 766. The fourth-order valence-electron chi connectivity index (χ4n) is 1.90. The number of hydrogen-bond donors (Lipinski definition) is 1. The van der Waals surface area contributed by atoms with E-state index in [4.69, 9.17) is 21.1 Å². The lowest BCUT2D eigenvalue weighted by Crippen LogP contribution is -2.16. The molecule has 25 heavy (non-hydrogen) atoms. The Kier molecular flexibility index (Phi) is 6.59. The molecule has 0 saturated carbocycles. The number of nitrogens with one attached hydrogen (secondary N) is 1. The molecule has 0 atom stereocenters. The average molecular weight is 367 g/mol. The largest absolute Gasteiger partial charge is 0.493 e. The molecule has 8 heteroatoms. The third-order valence-electron chi connectivity index (χ3n) is 3.10. The van der Waals surface area contributed by atoms with Gasteiger partial charge < -0.3 is 14.2 Å². The van der Waals surface area contributed by atoms with Crippen LogP contribution in [0.5, 0.6) is 11.5 Å². The van der Waals surface area contributed by atoms with Crippen LogP contribution in [0.4, 0.5) is 9.18 Å². The highest BCUT2D eigenvalue weighted by atomic mass is 35.5. The molecule has 2 aromatic carbocycles. The number of hydrazone groups is 1. The van der Waals surface area contributed by atoms with E-state index in [1.807, 2.05) is 0 Å². The fourth-order valence-corrected chi connectivity index (χ4v) is 2.17. The molecule has 0 fully saturated rings. The predicted molar refractivity (Wildman–Crippen MR) is 91.9 cm³/mol. The summed E-state index contributed by atoms with van der Waals surface area (Å²) in [4.78, 5) is 10.9. The van der Waals surface area contributed by atoms with Gasteiger partial charge in [-0.15, -0.1) is 0 Å². The van der Waals surface area contributed by atoms with Crippen LogP contribution in [-0.4, -0.2) is 26.5 Å². The van der Waals surface area contributed by atoms with Crippen LogP contribution in [0.15, 0.2) is 41.5 Å². The smallest absolute Gasteiger partial charge is 0.427 e. The van der Waals surface area contributed by atoms with Gasteiger partial charge in [0.1, 0.15) is 12.4 Å². The number of carbonyl (C=O) groups excluding carboxylic acids is 1. The van der Waals surface area contributed by atoms with Gasteiger partial charge in [-0.25, -0.2) is 14.6 Å². The number of carbonyl (C=O) groups is 1. The summed E-state index contributed by atoms with van der Waals surface area (Å²) in [6.07, 6.45) is 0.697. The SMILES string of the molecule is COC(=O)NN=Cc1cc(Cl)c(OCc2ccc(F)cc2)c(OC)c1. The zero-order chi connectivity index (χ0) is 18.2. The molecule has 0 heterocycles. The topological polar surface area (TPSA) is 69.2 Å². The predicted octanol–water partition coefficient (Wildman–Crippen LogP) is 3.76. The molecule has 0 saturated heterocycles. The summed E-state index contributed by atoms with van der Waals surface area (Å²) < 4.78 is 28.3. The van der Waals surface area contributed by atoms with Crippen molar-refractivity contribution in [3.05, 3.63) is 58.4 Å². The van der Waals surface area contributed by atoms with Crippen molar-refractivity contribution in [2.45, 2.75) is 6.61 Å². The number of halogens is 2. The minimum absolute atomic E-state index is 0.202. The molecule has 1 N–H and O–H groups in total. The maximum absolute atomic E-state index is 12.9. The number of ether oxygens (including phenoxy) is 3. The summed E-state index contributed by atoms with van der Waals surface area (Å²) in [5.41, 5.74) is 3.54. The van der Waals surface area contributed by atoms with Crippen molar-refractivity contribution in [1.29, 1.82) is 0 Å². The molecule has 2 rings (SSSR count). The van der Waals surface area contributed by atoms with Crippen LogP contribution in [0, 0.1) is 5.82 Å². The van der Waals surface area contributed by atoms with E-state index in [2.05, 4.69) is 15.3 Å². The lowest BCUT2D eigenvalue weighted by atomic mass is 10.2. The maximum Gasteiger partial charge on any atom is 0.427 e. The first-order chi connectivity index (χ1) is 12.0. The van der Waals surface area contributed by atoms with Crippen molar-refractivity contribution in [3.8, 4) is 11.5 Å². The van der Waals surface area contributed by atoms with E-state index in [-0.39, 0.29) is 12.4 Å². The van der Waals surface area contributed by atoms with Gasteiger partial charge in [-0.1, -0.05) is 23.7 Å². The Hall–Kier alpha value is -2.80. The first kappa shape index (κ1) is 18.5. The average Bonchev–Trinajstić information content (AvgIpc) is 2.61. The van der Waals surface area contributed by atoms with E-state index in [0.29, 0.717) is 22.1 Å². The van der Waals surface area contributed by atoms with Gasteiger partial charge in [-0.3, -0.25) is 0 Å². The van der Waals surface area contributed by atoms with Crippen molar-refractivity contribution in [2.24, 2.45) is 5.10 Å². The molecule has 6 nitrogen and oxygen atoms in total. The molecule has 0 aromatic heterocycles. The van der Waals surface area contributed by atoms with Crippen LogP contribution in [0.2, 0.25) is 5.02 Å². The van der Waals surface area contributed by atoms with Crippen molar-refractivity contribution < 1.29 is 23.4 Å². The van der Waals surface area contributed by atoms with E-state index >= 15 is 0 Å². The van der Waals surface area contributed by atoms with Gasteiger partial charge in [0.2, 0.25) is 0 Å². The molecule has 0 bridgehead atoms. The van der Waals surface area contributed by atoms with Crippen molar-refractivity contribution in [3.63, 3.8) is 0 Å². The fraction of sp³-hybridized carbons (Fsp3) is 0.176. The Morgan fingerprint density at radius 1 is 1.28 bits per heavy atom. The van der Waals surface area contributed by atoms with Crippen LogP contribution in [0.3, 0.4) is 0 Å². The normalized spacial score (nSPS) is 10.6. The van der Waals surface area contributed by atoms with Gasteiger partial charge >= 0.3 is 6.09 Å². The molecule has 0 aliphatic heterocycles. The van der Waals surface area contributed by atoms with E-state index in [1.54, 1.807) is 24.3 Å². The minimum atomic E-state index is -0.687. The Balaban J connectivity index is 2.13. The monoisotopic (exact) mass is 366 g/mol. The van der Waals surface area contributed by atoms with Crippen LogP contribution in [0.1, 0.15) is 11.1 Å². The Morgan fingerprint density at radius 3 is 2.64 bits per heavy atom. The quantitative estimate of drug-likeness (QED) is 0.624. The van der Waals surface area contributed by atoms with E-state index < -0.39 is 6.09 Å². The second-order valence-electron chi connectivity index (χ2n) is 4.81. The summed E-state index contributed by atoms with van der Waals surface area (Å²) in [6.45, 7) is 0.202. The highest BCUT2D eigenvalue weighted by Crippen LogP contribution is 2.36. The lowest BCUT2D eigenvalue weighted by Gasteiger charge is -2.13. The van der Waals surface area contributed by atoms with Crippen molar-refractivity contribution in [1.82, 2.24) is 5.43 Å². The number of rotatable bonds is 6. The summed E-state index contributed by atoms with van der Waals surface area (Å²) in [5, 5.41) is 4.03. The molecule has 2 aromatic rings. The van der Waals surface area contributed by atoms with Gasteiger partial charge in [-0.2, -0.15) is 5.10 Å². The molecule has 0 spiro atoms. The first-order valence-electron chi connectivity index (χ1n) is 7.15. The van der Waals surface area contributed by atoms with Crippen LogP contribution < -0.4 is 14.9 Å². The molecule has 0 aliphatic rings. The van der Waals surface area contributed by atoms with Gasteiger partial charge in [0, 0.05) is 0 Å². The van der Waals surface area contributed by atoms with Gasteiger partial charge in [0.05, 0.1) is 25.5 Å². The molecular weight excluding hydrogens is 351 g/mol. The highest BCUT2D eigenvalue weighted by Gasteiger charge is 2.12. The summed E-state index contributed by atoms with van der Waals surface area (Å²) in [5.74, 6) is 0.435. The van der Waals surface area contributed by atoms with Gasteiger partial charge in [0.25, 0.3) is 0 Å². The Labute approximate surface area is 149 Å². The van der Waals surface area contributed by atoms with Gasteiger partial charge in [0.15, 0.2) is 11.5 Å². The molecule has 0 unspecified atom stereocenters. The highest BCUT2D eigenvalue weighted by molar-refractivity contribution is 6.32. The molecule has 0 radical (unpaired) electrons. The zero-order valence-electron chi connectivity index (χ0n) is 13.6. The standard InChI is InChI=1S/C17H16ClFN2O4/c1-23-15-8-12(9-20-21-17(22)24-2)7-14(18)16(15)25-10-11-3-5-13(19)6-4-11/h3-9H,10H2,1-2H3,(H,21,22). The number of amides is 1. The molecule has 132 valence electrons. The minimum Gasteiger partial charge on any atom is -0.493 e. The summed E-state index contributed by atoms with van der Waals surface area (Å²) >= 11 is 6.23. The second-order valence-corrected chi connectivity index (χ2v) is 5.22. The van der Waals surface area contributed by atoms with Crippen LogP contribution in [0.25, 0.3) is 0 Å². The summed E-state index contributed by atoms with van der Waals surface area (Å²) in [6, 6.07) is 9.20. The van der Waals surface area contributed by atoms with Crippen LogP contribution in [-0.2, 0) is 11.3 Å². The zero-order valence-corrected chi connectivity index (χ0v) is 14.3. The molecule has 0 aliphatic carbocycles. The number of benzene rings is 2. The molecule has 1 amide bonds.